The van der Waals surface area contributed by atoms with Gasteiger partial charge in [-0.3, -0.25) is 0 Å². The molecule has 5 nitrogen and oxygen atoms in total. The molecule has 0 spiro atoms. The molecule has 0 atom stereocenters. The van der Waals surface area contributed by atoms with Crippen LogP contribution >= 0.6 is 0 Å². The molecule has 0 radical (unpaired) electrons. The molecule has 0 unspecified atom stereocenters. The van der Waals surface area contributed by atoms with E-state index in [2.05, 4.69) is 15.1 Å². The van der Waals surface area contributed by atoms with E-state index in [9.17, 15) is 4.39 Å². The molecule has 0 bridgehead atoms. The predicted octanol–water partition coefficient (Wildman–Crippen LogP) is 2.52. The Morgan fingerprint density at radius 2 is 1.89 bits per heavy atom. The van der Waals surface area contributed by atoms with Crippen molar-refractivity contribution in [2.45, 2.75) is 0 Å². The Morgan fingerprint density at radius 1 is 1.11 bits per heavy atom. The molecule has 0 aliphatic heterocycles. The highest BCUT2D eigenvalue weighted by molar-refractivity contribution is 5.84. The maximum Gasteiger partial charge on any atom is 0.214 e. The molecule has 0 aliphatic carbocycles. The number of hydrogen-bond acceptors (Lipinski definition) is 5. The van der Waals surface area contributed by atoms with Crippen molar-refractivity contribution < 1.29 is 8.91 Å². The number of aromatic nitrogens is 3. The number of anilines is 1. The number of rotatable bonds is 2. The lowest BCUT2D eigenvalue weighted by atomic mass is 10.1. The van der Waals surface area contributed by atoms with Crippen LogP contribution in [0.25, 0.3) is 22.7 Å². The minimum atomic E-state index is -0.363. The van der Waals surface area contributed by atoms with Crippen LogP contribution in [0.3, 0.4) is 0 Å². The third-order valence-electron chi connectivity index (χ3n) is 2.60. The molecule has 3 rings (SSSR count). The van der Waals surface area contributed by atoms with Crippen LogP contribution < -0.4 is 5.73 Å². The second-order valence-electron chi connectivity index (χ2n) is 3.85. The Hall–Kier alpha value is -2.76. The Morgan fingerprint density at radius 3 is 2.63 bits per heavy atom. The van der Waals surface area contributed by atoms with Crippen LogP contribution in [0.5, 0.6) is 0 Å². The Kier molecular flexibility index (Phi) is 2.68. The number of halogens is 1. The molecule has 2 aromatic heterocycles. The third-order valence-corrected chi connectivity index (χ3v) is 2.60. The summed E-state index contributed by atoms with van der Waals surface area (Å²) < 4.78 is 18.5. The van der Waals surface area contributed by atoms with Crippen molar-refractivity contribution >= 4 is 5.82 Å². The van der Waals surface area contributed by atoms with Crippen LogP contribution in [-0.4, -0.2) is 15.1 Å². The molecule has 1 aromatic carbocycles. The highest BCUT2D eigenvalue weighted by Gasteiger charge is 2.19. The molecule has 0 fully saturated rings. The molecule has 2 N–H and O–H groups in total. The number of hydrogen-bond donors (Lipinski definition) is 1. The van der Waals surface area contributed by atoms with Crippen molar-refractivity contribution in [2.24, 2.45) is 0 Å². The second kappa shape index (κ2) is 4.49. The quantitative estimate of drug-likeness (QED) is 0.762. The van der Waals surface area contributed by atoms with Gasteiger partial charge in [-0.25, -0.2) is 14.4 Å². The number of nitrogen functional groups attached to an aromatic ring is 1. The summed E-state index contributed by atoms with van der Waals surface area (Å²) in [5.74, 6) is 0.487. The molecular weight excluding hydrogens is 247 g/mol. The Bertz CT molecular complexity index is 712. The van der Waals surface area contributed by atoms with E-state index in [1.54, 1.807) is 30.6 Å². The van der Waals surface area contributed by atoms with Crippen molar-refractivity contribution in [2.75, 3.05) is 5.73 Å². The molecule has 2 heterocycles. The van der Waals surface area contributed by atoms with Crippen molar-refractivity contribution in [3.63, 3.8) is 0 Å². The fraction of sp³-hybridized carbons (Fsp3) is 0. The lowest BCUT2D eigenvalue weighted by molar-refractivity contribution is 0.433. The largest absolute Gasteiger partial charge is 0.380 e. The normalized spacial score (nSPS) is 10.6. The van der Waals surface area contributed by atoms with Gasteiger partial charge < -0.3 is 10.3 Å². The van der Waals surface area contributed by atoms with Crippen molar-refractivity contribution in [3.8, 4) is 22.7 Å². The maximum absolute atomic E-state index is 13.3. The first-order valence-electron chi connectivity index (χ1n) is 5.54. The molecule has 0 amide bonds. The maximum atomic E-state index is 13.3. The highest BCUT2D eigenvalue weighted by atomic mass is 19.1. The first-order valence-corrected chi connectivity index (χ1v) is 5.54. The van der Waals surface area contributed by atoms with Crippen LogP contribution in [0.15, 0.2) is 47.2 Å². The smallest absolute Gasteiger partial charge is 0.214 e. The summed E-state index contributed by atoms with van der Waals surface area (Å²) in [6.07, 6.45) is 3.16. The Balaban J connectivity index is 2.20. The molecule has 94 valence electrons. The van der Waals surface area contributed by atoms with Crippen LogP contribution in [0, 0.1) is 5.82 Å². The zero-order valence-electron chi connectivity index (χ0n) is 9.75. The van der Waals surface area contributed by atoms with Gasteiger partial charge in [0, 0.05) is 12.4 Å². The van der Waals surface area contributed by atoms with E-state index in [1.165, 1.54) is 12.1 Å². The van der Waals surface area contributed by atoms with Crippen molar-refractivity contribution in [1.29, 1.82) is 0 Å². The van der Waals surface area contributed by atoms with Crippen molar-refractivity contribution in [3.05, 3.63) is 48.5 Å². The fourth-order valence-electron chi connectivity index (χ4n) is 1.79. The minimum Gasteiger partial charge on any atom is -0.380 e. The van der Waals surface area contributed by atoms with Gasteiger partial charge in [0.1, 0.15) is 5.82 Å². The first-order chi connectivity index (χ1) is 9.25. The fourth-order valence-corrected chi connectivity index (χ4v) is 1.79. The number of benzene rings is 1. The average Bonchev–Trinajstić information content (AvgIpc) is 2.82. The van der Waals surface area contributed by atoms with Crippen LogP contribution in [0.4, 0.5) is 10.2 Å². The van der Waals surface area contributed by atoms with Gasteiger partial charge in [-0.05, 0) is 23.8 Å². The number of nitrogens with two attached hydrogens (primary N) is 1. The van der Waals surface area contributed by atoms with Crippen LogP contribution in [0.1, 0.15) is 0 Å². The molecule has 19 heavy (non-hydrogen) atoms. The summed E-state index contributed by atoms with van der Waals surface area (Å²) in [6, 6.07) is 7.71. The molecule has 0 saturated carbocycles. The number of nitrogens with zero attached hydrogens (tertiary/aromatic N) is 3. The molecule has 6 heteroatoms. The summed E-state index contributed by atoms with van der Waals surface area (Å²) in [5.41, 5.74) is 6.84. The molecular formula is C13H9FN4O. The summed E-state index contributed by atoms with van der Waals surface area (Å²) in [5, 5.41) is 3.70. The highest BCUT2D eigenvalue weighted by Crippen LogP contribution is 2.34. The van der Waals surface area contributed by atoms with Gasteiger partial charge >= 0.3 is 0 Å². The van der Waals surface area contributed by atoms with Gasteiger partial charge in [0.2, 0.25) is 5.76 Å². The standard InChI is InChI=1S/C13H9FN4O/c14-9-4-1-3-8(7-9)10-11(19-18-12(10)15)13-16-5-2-6-17-13/h1-7H,(H2,15,18). The van der Waals surface area contributed by atoms with Crippen LogP contribution in [0.2, 0.25) is 0 Å². The van der Waals surface area contributed by atoms with E-state index in [1.807, 2.05) is 0 Å². The summed E-state index contributed by atoms with van der Waals surface area (Å²) >= 11 is 0. The van der Waals surface area contributed by atoms with E-state index in [0.717, 1.165) is 0 Å². The lowest BCUT2D eigenvalue weighted by Gasteiger charge is -2.01. The van der Waals surface area contributed by atoms with Gasteiger partial charge in [0.25, 0.3) is 0 Å². The van der Waals surface area contributed by atoms with Gasteiger partial charge in [-0.2, -0.15) is 0 Å². The average molecular weight is 256 g/mol. The predicted molar refractivity (Wildman–Crippen MR) is 67.3 cm³/mol. The van der Waals surface area contributed by atoms with E-state index in [4.69, 9.17) is 10.3 Å². The second-order valence-corrected chi connectivity index (χ2v) is 3.85. The molecule has 0 aliphatic rings. The SMILES string of the molecule is Nc1noc(-c2ncccn2)c1-c1cccc(F)c1. The summed E-state index contributed by atoms with van der Waals surface area (Å²) in [6.45, 7) is 0. The van der Waals surface area contributed by atoms with Gasteiger partial charge in [-0.1, -0.05) is 17.3 Å². The van der Waals surface area contributed by atoms with E-state index < -0.39 is 0 Å². The molecule has 3 aromatic rings. The Labute approximate surface area is 107 Å². The lowest BCUT2D eigenvalue weighted by Crippen LogP contribution is -1.91. The topological polar surface area (TPSA) is 77.8 Å². The van der Waals surface area contributed by atoms with E-state index in [-0.39, 0.29) is 11.6 Å². The first kappa shape index (κ1) is 11.3. The summed E-state index contributed by atoms with van der Waals surface area (Å²) in [4.78, 5) is 8.15. The minimum absolute atomic E-state index is 0.174. The molecule has 0 saturated heterocycles. The van der Waals surface area contributed by atoms with E-state index in [0.29, 0.717) is 22.7 Å². The summed E-state index contributed by atoms with van der Waals surface area (Å²) in [7, 11) is 0. The third kappa shape index (κ3) is 2.03. The zero-order chi connectivity index (χ0) is 13.2. The van der Waals surface area contributed by atoms with Gasteiger partial charge in [-0.15, -0.1) is 0 Å². The van der Waals surface area contributed by atoms with Gasteiger partial charge in [0.15, 0.2) is 11.6 Å². The zero-order valence-corrected chi connectivity index (χ0v) is 9.75. The van der Waals surface area contributed by atoms with Gasteiger partial charge in [0.05, 0.1) is 5.56 Å². The van der Waals surface area contributed by atoms with E-state index >= 15 is 0 Å². The van der Waals surface area contributed by atoms with Crippen LogP contribution in [-0.2, 0) is 0 Å². The van der Waals surface area contributed by atoms with Crippen molar-refractivity contribution in [1.82, 2.24) is 15.1 Å². The monoisotopic (exact) mass is 256 g/mol.